The van der Waals surface area contributed by atoms with Gasteiger partial charge < -0.3 is 16.4 Å². The van der Waals surface area contributed by atoms with Crippen LogP contribution in [0.1, 0.15) is 25.8 Å². The summed E-state index contributed by atoms with van der Waals surface area (Å²) in [7, 11) is 0. The van der Waals surface area contributed by atoms with Crippen molar-refractivity contribution in [3.63, 3.8) is 0 Å². The first-order valence-corrected chi connectivity index (χ1v) is 9.11. The number of nitrogens with two attached hydrogens (primary N) is 1. The molecular formula is C17H28ClN3OS. The largest absolute Gasteiger partial charge is 0.354 e. The molecule has 0 aromatic heterocycles. The zero-order chi connectivity index (χ0) is 17.2. The highest BCUT2D eigenvalue weighted by molar-refractivity contribution is 7.80. The van der Waals surface area contributed by atoms with Crippen LogP contribution in [0.4, 0.5) is 0 Å². The van der Waals surface area contributed by atoms with Crippen molar-refractivity contribution in [2.24, 2.45) is 11.7 Å². The minimum absolute atomic E-state index is 0.0211. The van der Waals surface area contributed by atoms with E-state index in [-0.39, 0.29) is 23.9 Å². The third-order valence-electron chi connectivity index (χ3n) is 3.93. The van der Waals surface area contributed by atoms with Crippen LogP contribution in [0.2, 0.25) is 5.02 Å². The van der Waals surface area contributed by atoms with E-state index < -0.39 is 0 Å². The summed E-state index contributed by atoms with van der Waals surface area (Å²) < 4.78 is 0. The van der Waals surface area contributed by atoms with Gasteiger partial charge in [-0.25, -0.2) is 0 Å². The lowest BCUT2D eigenvalue weighted by atomic mass is 9.98. The third-order valence-corrected chi connectivity index (χ3v) is 4.64. The molecule has 0 aliphatic heterocycles. The Kier molecular flexibility index (Phi) is 9.63. The van der Waals surface area contributed by atoms with Crippen molar-refractivity contribution >= 4 is 30.1 Å². The number of halogens is 1. The Morgan fingerprint density at radius 3 is 2.78 bits per heavy atom. The zero-order valence-electron chi connectivity index (χ0n) is 13.9. The van der Waals surface area contributed by atoms with Crippen LogP contribution in [0.15, 0.2) is 24.3 Å². The van der Waals surface area contributed by atoms with E-state index in [1.54, 1.807) is 0 Å². The Morgan fingerprint density at radius 2 is 2.17 bits per heavy atom. The summed E-state index contributed by atoms with van der Waals surface area (Å²) in [4.78, 5) is 12.4. The van der Waals surface area contributed by atoms with Gasteiger partial charge in [0.05, 0.1) is 6.04 Å². The zero-order valence-corrected chi connectivity index (χ0v) is 15.5. The van der Waals surface area contributed by atoms with Crippen LogP contribution < -0.4 is 16.4 Å². The molecule has 1 aromatic carbocycles. The monoisotopic (exact) mass is 357 g/mol. The maximum Gasteiger partial charge on any atom is 0.237 e. The molecule has 1 aromatic rings. The molecule has 4 N–H and O–H groups in total. The Balaban J connectivity index is 2.49. The summed E-state index contributed by atoms with van der Waals surface area (Å²) >= 11 is 10.1. The van der Waals surface area contributed by atoms with Crippen molar-refractivity contribution < 1.29 is 4.79 Å². The second-order valence-electron chi connectivity index (χ2n) is 5.89. The number of nitrogens with one attached hydrogen (secondary N) is 2. The summed E-state index contributed by atoms with van der Waals surface area (Å²) in [6.45, 7) is 5.32. The standard InChI is InChI=1S/C17H28ClN3OS/c1-3-12(2)16(21-10-15(19)11-23)17(22)20-8-7-13-5-4-6-14(18)9-13/h4-6,9,12,15-16,21,23H,3,7-8,10-11,19H2,1-2H3,(H,20,22)/t12?,15?,16-/m0/s1. The van der Waals surface area contributed by atoms with Gasteiger partial charge in [-0.15, -0.1) is 0 Å². The van der Waals surface area contributed by atoms with E-state index in [0.29, 0.717) is 23.9 Å². The minimum atomic E-state index is -0.231. The van der Waals surface area contributed by atoms with E-state index in [1.807, 2.05) is 24.3 Å². The molecule has 0 saturated carbocycles. The molecule has 23 heavy (non-hydrogen) atoms. The highest BCUT2D eigenvalue weighted by atomic mass is 35.5. The van der Waals surface area contributed by atoms with Gasteiger partial charge in [0.15, 0.2) is 0 Å². The molecule has 0 heterocycles. The normalized spacial score (nSPS) is 15.0. The fraction of sp³-hybridized carbons (Fsp3) is 0.588. The third kappa shape index (κ3) is 7.57. The van der Waals surface area contributed by atoms with E-state index >= 15 is 0 Å². The first kappa shape index (κ1) is 20.3. The van der Waals surface area contributed by atoms with Gasteiger partial charge in [-0.3, -0.25) is 4.79 Å². The van der Waals surface area contributed by atoms with Crippen molar-refractivity contribution in [3.05, 3.63) is 34.9 Å². The van der Waals surface area contributed by atoms with Gasteiger partial charge in [-0.1, -0.05) is 44.0 Å². The fourth-order valence-corrected chi connectivity index (χ4v) is 2.61. The van der Waals surface area contributed by atoms with Crippen molar-refractivity contribution in [2.45, 2.75) is 38.8 Å². The van der Waals surface area contributed by atoms with Crippen molar-refractivity contribution in [1.82, 2.24) is 10.6 Å². The average Bonchev–Trinajstić information content (AvgIpc) is 2.54. The highest BCUT2D eigenvalue weighted by Gasteiger charge is 2.23. The lowest BCUT2D eigenvalue weighted by Gasteiger charge is -2.25. The first-order valence-electron chi connectivity index (χ1n) is 8.09. The van der Waals surface area contributed by atoms with Crippen LogP contribution in [-0.2, 0) is 11.2 Å². The molecule has 1 rings (SSSR count). The van der Waals surface area contributed by atoms with Gasteiger partial charge in [0.25, 0.3) is 0 Å². The van der Waals surface area contributed by atoms with E-state index in [4.69, 9.17) is 17.3 Å². The molecular weight excluding hydrogens is 330 g/mol. The molecule has 0 aliphatic rings. The smallest absolute Gasteiger partial charge is 0.237 e. The van der Waals surface area contributed by atoms with Gasteiger partial charge in [0.2, 0.25) is 5.91 Å². The minimum Gasteiger partial charge on any atom is -0.354 e. The molecule has 1 amide bonds. The van der Waals surface area contributed by atoms with Crippen LogP contribution in [0, 0.1) is 5.92 Å². The highest BCUT2D eigenvalue weighted by Crippen LogP contribution is 2.11. The van der Waals surface area contributed by atoms with Crippen LogP contribution >= 0.6 is 24.2 Å². The summed E-state index contributed by atoms with van der Waals surface area (Å²) in [5, 5.41) is 6.99. The number of amides is 1. The Bertz CT molecular complexity index is 487. The van der Waals surface area contributed by atoms with E-state index in [1.165, 1.54) is 0 Å². The quantitative estimate of drug-likeness (QED) is 0.485. The molecule has 2 unspecified atom stereocenters. The molecule has 0 saturated heterocycles. The number of carbonyl (C=O) groups excluding carboxylic acids is 1. The summed E-state index contributed by atoms with van der Waals surface area (Å²) in [6, 6.07) is 7.41. The van der Waals surface area contributed by atoms with Gasteiger partial charge in [-0.2, -0.15) is 12.6 Å². The van der Waals surface area contributed by atoms with E-state index in [9.17, 15) is 4.79 Å². The van der Waals surface area contributed by atoms with Gasteiger partial charge in [-0.05, 0) is 30.0 Å². The van der Waals surface area contributed by atoms with E-state index in [0.717, 1.165) is 18.4 Å². The lowest BCUT2D eigenvalue weighted by molar-refractivity contribution is -0.124. The second kappa shape index (κ2) is 10.9. The molecule has 0 bridgehead atoms. The molecule has 4 nitrogen and oxygen atoms in total. The molecule has 6 heteroatoms. The van der Waals surface area contributed by atoms with Crippen LogP contribution in [0.3, 0.4) is 0 Å². The molecule has 0 fully saturated rings. The Hall–Kier alpha value is -0.750. The Labute approximate surface area is 150 Å². The fourth-order valence-electron chi connectivity index (χ4n) is 2.26. The second-order valence-corrected chi connectivity index (χ2v) is 6.69. The lowest BCUT2D eigenvalue weighted by Crippen LogP contribution is -2.51. The van der Waals surface area contributed by atoms with Crippen LogP contribution in [-0.4, -0.2) is 36.8 Å². The number of carbonyl (C=O) groups is 1. The SMILES string of the molecule is CCC(C)[C@H](NCC(N)CS)C(=O)NCCc1cccc(Cl)c1. The first-order chi connectivity index (χ1) is 11.0. The van der Waals surface area contributed by atoms with Gasteiger partial charge >= 0.3 is 0 Å². The number of hydrogen-bond donors (Lipinski definition) is 4. The van der Waals surface area contributed by atoms with Crippen molar-refractivity contribution in [2.75, 3.05) is 18.8 Å². The van der Waals surface area contributed by atoms with E-state index in [2.05, 4.69) is 37.1 Å². The summed E-state index contributed by atoms with van der Waals surface area (Å²) in [5.41, 5.74) is 6.98. The maximum absolute atomic E-state index is 12.4. The number of hydrogen-bond acceptors (Lipinski definition) is 4. The summed E-state index contributed by atoms with van der Waals surface area (Å²) in [5.74, 6) is 0.859. The molecule has 0 spiro atoms. The maximum atomic E-state index is 12.4. The summed E-state index contributed by atoms with van der Waals surface area (Å²) in [6.07, 6.45) is 1.69. The predicted molar refractivity (Wildman–Crippen MR) is 101 cm³/mol. The molecule has 130 valence electrons. The van der Waals surface area contributed by atoms with Gasteiger partial charge in [0.1, 0.15) is 0 Å². The average molecular weight is 358 g/mol. The number of rotatable bonds is 10. The predicted octanol–water partition coefficient (Wildman–Crippen LogP) is 2.26. The van der Waals surface area contributed by atoms with Crippen LogP contribution in [0.5, 0.6) is 0 Å². The molecule has 0 aliphatic carbocycles. The molecule has 0 radical (unpaired) electrons. The van der Waals surface area contributed by atoms with Crippen LogP contribution in [0.25, 0.3) is 0 Å². The Morgan fingerprint density at radius 1 is 1.43 bits per heavy atom. The molecule has 3 atom stereocenters. The van der Waals surface area contributed by atoms with Crippen molar-refractivity contribution in [1.29, 1.82) is 0 Å². The number of benzene rings is 1. The van der Waals surface area contributed by atoms with Gasteiger partial charge in [0, 0.05) is 29.9 Å². The van der Waals surface area contributed by atoms with Crippen molar-refractivity contribution in [3.8, 4) is 0 Å². The number of thiol groups is 1. The topological polar surface area (TPSA) is 67.1 Å².